The Morgan fingerprint density at radius 2 is 1.24 bits per heavy atom. The minimum Gasteiger partial charge on any atom is -0.0754 e. The van der Waals surface area contributed by atoms with Gasteiger partial charge in [0.1, 0.15) is 0 Å². The van der Waals surface area contributed by atoms with E-state index in [9.17, 15) is 0 Å². The molecule has 0 atom stereocenters. The second kappa shape index (κ2) is 5.06. The van der Waals surface area contributed by atoms with Crippen molar-refractivity contribution in [3.63, 3.8) is 0 Å². The molecule has 0 bridgehead atoms. The molecule has 0 saturated carbocycles. The lowest BCUT2D eigenvalue weighted by Gasteiger charge is -2.13. The highest BCUT2D eigenvalue weighted by Gasteiger charge is 2.14. The van der Waals surface area contributed by atoms with E-state index in [2.05, 4.69) is 91.4 Å². The van der Waals surface area contributed by atoms with Crippen molar-refractivity contribution in [1.82, 2.24) is 0 Å². The summed E-state index contributed by atoms with van der Waals surface area (Å²) in [5, 5.41) is 0. The van der Waals surface area contributed by atoms with Crippen LogP contribution in [0.5, 0.6) is 0 Å². The van der Waals surface area contributed by atoms with Gasteiger partial charge in [-0.25, -0.2) is 0 Å². The summed E-state index contributed by atoms with van der Waals surface area (Å²) in [5.41, 5.74) is 7.76. The van der Waals surface area contributed by atoms with Crippen LogP contribution in [0.15, 0.2) is 78.9 Å². The van der Waals surface area contributed by atoms with Crippen molar-refractivity contribution in [2.24, 2.45) is 0 Å². The molecule has 0 N–H and O–H groups in total. The van der Waals surface area contributed by atoms with Crippen LogP contribution in [0, 0.1) is 6.42 Å². The molecule has 0 nitrogen and oxygen atoms in total. The maximum absolute atomic E-state index is 2.21. The highest BCUT2D eigenvalue weighted by atomic mass is 14.2. The molecular formula is C21H15. The summed E-state index contributed by atoms with van der Waals surface area (Å²) >= 11 is 0. The van der Waals surface area contributed by atoms with Gasteiger partial charge in [0.05, 0.1) is 0 Å². The summed E-state index contributed by atoms with van der Waals surface area (Å²) in [6.45, 7) is 0. The number of rotatable bonds is 2. The van der Waals surface area contributed by atoms with Gasteiger partial charge in [-0.1, -0.05) is 84.9 Å². The largest absolute Gasteiger partial charge is 0.0754 e. The average molecular weight is 267 g/mol. The quantitative estimate of drug-likeness (QED) is 0.567. The molecule has 0 unspecified atom stereocenters. The lowest BCUT2D eigenvalue weighted by molar-refractivity contribution is 1.52. The standard InChI is InChI=1S/C21H15/c1-2-8-16(9-3-1)18-12-4-5-13-20(18)21-15-7-11-17-10-6-14-19(17)21/h1-15H. The molecule has 0 heterocycles. The minimum absolute atomic E-state index is 1.26. The van der Waals surface area contributed by atoms with Gasteiger partial charge < -0.3 is 0 Å². The molecule has 21 heavy (non-hydrogen) atoms. The molecular weight excluding hydrogens is 252 g/mol. The Morgan fingerprint density at radius 1 is 0.524 bits per heavy atom. The smallest absolute Gasteiger partial charge is 0.0131 e. The van der Waals surface area contributed by atoms with Crippen LogP contribution in [-0.4, -0.2) is 0 Å². The van der Waals surface area contributed by atoms with Gasteiger partial charge in [-0.3, -0.25) is 0 Å². The predicted octanol–water partition coefficient (Wildman–Crippen LogP) is 5.60. The fraction of sp³-hybridized carbons (Fsp3) is 0. The van der Waals surface area contributed by atoms with Crippen LogP contribution in [0.3, 0.4) is 0 Å². The van der Waals surface area contributed by atoms with Crippen LogP contribution in [-0.2, 0) is 0 Å². The average Bonchev–Trinajstić information content (AvgIpc) is 3.04. The van der Waals surface area contributed by atoms with Gasteiger partial charge in [-0.2, -0.15) is 0 Å². The third kappa shape index (κ3) is 2.09. The van der Waals surface area contributed by atoms with Crippen LogP contribution in [0.1, 0.15) is 11.1 Å². The van der Waals surface area contributed by atoms with E-state index in [0.717, 1.165) is 0 Å². The van der Waals surface area contributed by atoms with Gasteiger partial charge in [0.2, 0.25) is 0 Å². The summed E-state index contributed by atoms with van der Waals surface area (Å²) in [5.74, 6) is 0. The third-order valence-corrected chi connectivity index (χ3v) is 3.98. The van der Waals surface area contributed by atoms with E-state index in [1.165, 1.54) is 33.4 Å². The van der Waals surface area contributed by atoms with Crippen molar-refractivity contribution in [1.29, 1.82) is 0 Å². The van der Waals surface area contributed by atoms with E-state index in [1.54, 1.807) is 0 Å². The van der Waals surface area contributed by atoms with Crippen LogP contribution in [0.25, 0.3) is 28.3 Å². The minimum atomic E-state index is 1.26. The summed E-state index contributed by atoms with van der Waals surface area (Å²) in [7, 11) is 0. The predicted molar refractivity (Wildman–Crippen MR) is 89.8 cm³/mol. The molecule has 0 aromatic heterocycles. The Balaban J connectivity index is 1.95. The van der Waals surface area contributed by atoms with Crippen LogP contribution >= 0.6 is 0 Å². The molecule has 0 amide bonds. The fourth-order valence-electron chi connectivity index (χ4n) is 2.98. The molecule has 4 rings (SSSR count). The van der Waals surface area contributed by atoms with Gasteiger partial charge in [0.15, 0.2) is 0 Å². The monoisotopic (exact) mass is 267 g/mol. The first-order valence-electron chi connectivity index (χ1n) is 7.23. The number of allylic oxidation sites excluding steroid dienone is 1. The highest BCUT2D eigenvalue weighted by Crippen LogP contribution is 2.37. The van der Waals surface area contributed by atoms with Gasteiger partial charge in [0, 0.05) is 6.42 Å². The number of hydrogen-bond donors (Lipinski definition) is 0. The van der Waals surface area contributed by atoms with E-state index in [0.29, 0.717) is 0 Å². The molecule has 0 spiro atoms. The summed E-state index contributed by atoms with van der Waals surface area (Å²) in [6.07, 6.45) is 6.50. The van der Waals surface area contributed by atoms with Crippen molar-refractivity contribution in [2.75, 3.05) is 0 Å². The zero-order valence-corrected chi connectivity index (χ0v) is 11.7. The van der Waals surface area contributed by atoms with Gasteiger partial charge in [-0.05, 0) is 33.4 Å². The van der Waals surface area contributed by atoms with Gasteiger partial charge >= 0.3 is 0 Å². The molecule has 0 aliphatic heterocycles. The summed E-state index contributed by atoms with van der Waals surface area (Å²) < 4.78 is 0. The first kappa shape index (κ1) is 12.2. The highest BCUT2D eigenvalue weighted by molar-refractivity contribution is 5.89. The first-order chi connectivity index (χ1) is 10.4. The zero-order chi connectivity index (χ0) is 14.1. The Labute approximate surface area is 125 Å². The van der Waals surface area contributed by atoms with Crippen molar-refractivity contribution in [3.8, 4) is 22.3 Å². The molecule has 1 aliphatic rings. The van der Waals surface area contributed by atoms with E-state index >= 15 is 0 Å². The third-order valence-electron chi connectivity index (χ3n) is 3.98. The zero-order valence-electron chi connectivity index (χ0n) is 11.7. The van der Waals surface area contributed by atoms with Crippen molar-refractivity contribution < 1.29 is 0 Å². The Bertz CT molecular complexity index is 810. The van der Waals surface area contributed by atoms with E-state index in [-0.39, 0.29) is 0 Å². The van der Waals surface area contributed by atoms with Crippen LogP contribution in [0.4, 0.5) is 0 Å². The molecule has 0 heteroatoms. The fourth-order valence-corrected chi connectivity index (χ4v) is 2.98. The summed E-state index contributed by atoms with van der Waals surface area (Å²) in [4.78, 5) is 0. The lowest BCUT2D eigenvalue weighted by atomic mass is 9.91. The number of benzene rings is 3. The molecule has 3 aromatic carbocycles. The maximum Gasteiger partial charge on any atom is 0.0131 e. The Morgan fingerprint density at radius 3 is 2.10 bits per heavy atom. The van der Waals surface area contributed by atoms with Crippen molar-refractivity contribution >= 4 is 6.08 Å². The summed E-state index contributed by atoms with van der Waals surface area (Å²) in [6, 6.07) is 25.7. The van der Waals surface area contributed by atoms with Crippen molar-refractivity contribution in [2.45, 2.75) is 0 Å². The van der Waals surface area contributed by atoms with E-state index in [4.69, 9.17) is 0 Å². The van der Waals surface area contributed by atoms with Crippen LogP contribution < -0.4 is 0 Å². The van der Waals surface area contributed by atoms with Gasteiger partial charge in [0.25, 0.3) is 0 Å². The van der Waals surface area contributed by atoms with E-state index < -0.39 is 0 Å². The normalized spacial score (nSPS) is 12.4. The SMILES string of the molecule is [CH]1C=Cc2c1cccc2-c1ccccc1-c1ccccc1. The maximum atomic E-state index is 2.21. The topological polar surface area (TPSA) is 0 Å². The molecule has 0 fully saturated rings. The molecule has 0 saturated heterocycles. The molecule has 1 aliphatic carbocycles. The van der Waals surface area contributed by atoms with Crippen LogP contribution in [0.2, 0.25) is 0 Å². The lowest BCUT2D eigenvalue weighted by Crippen LogP contribution is -1.89. The Hall–Kier alpha value is -2.60. The van der Waals surface area contributed by atoms with Gasteiger partial charge in [-0.15, -0.1) is 0 Å². The second-order valence-corrected chi connectivity index (χ2v) is 5.25. The second-order valence-electron chi connectivity index (χ2n) is 5.25. The molecule has 3 aromatic rings. The number of hydrogen-bond acceptors (Lipinski definition) is 0. The van der Waals surface area contributed by atoms with E-state index in [1.807, 2.05) is 0 Å². The Kier molecular flexibility index (Phi) is 2.93. The molecule has 99 valence electrons. The van der Waals surface area contributed by atoms with Crippen molar-refractivity contribution in [3.05, 3.63) is 96.4 Å². The molecule has 1 radical (unpaired) electrons. The first-order valence-corrected chi connectivity index (χ1v) is 7.23. The number of fused-ring (bicyclic) bond motifs is 1.